The van der Waals surface area contributed by atoms with E-state index in [9.17, 15) is 18.0 Å². The van der Waals surface area contributed by atoms with Crippen molar-refractivity contribution >= 4 is 34.5 Å². The summed E-state index contributed by atoms with van der Waals surface area (Å²) >= 11 is 1.68. The first-order valence-electron chi connectivity index (χ1n) is 8.44. The minimum atomic E-state index is -4.10. The molecule has 0 bridgehead atoms. The molecule has 0 aromatic heterocycles. The summed E-state index contributed by atoms with van der Waals surface area (Å²) in [5.41, 5.74) is 0.211. The molecule has 3 N–H and O–H groups in total. The summed E-state index contributed by atoms with van der Waals surface area (Å²) in [6.45, 7) is 0. The van der Waals surface area contributed by atoms with Gasteiger partial charge in [0.05, 0.1) is 0 Å². The third kappa shape index (κ3) is 4.54. The minimum absolute atomic E-state index is 0.0106. The first-order valence-corrected chi connectivity index (χ1v) is 9.52. The summed E-state index contributed by atoms with van der Waals surface area (Å²) in [7, 11) is 0. The Morgan fingerprint density at radius 1 is 1.21 bits per heavy atom. The highest BCUT2D eigenvalue weighted by Gasteiger charge is 2.54. The first-order chi connectivity index (χ1) is 13.6. The smallest absolute Gasteiger partial charge is 0.333 e. The summed E-state index contributed by atoms with van der Waals surface area (Å²) in [4.78, 5) is 16.5. The van der Waals surface area contributed by atoms with Gasteiger partial charge in [-0.3, -0.25) is 10.1 Å². The number of amidine groups is 1. The van der Waals surface area contributed by atoms with Crippen LogP contribution in [0.3, 0.4) is 0 Å². The summed E-state index contributed by atoms with van der Waals surface area (Å²) in [5, 5.41) is 20.5. The molecule has 0 saturated carbocycles. The average molecular weight is 520 g/mol. The maximum absolute atomic E-state index is 14.4. The second kappa shape index (κ2) is 8.28. The van der Waals surface area contributed by atoms with Crippen LogP contribution >= 0.6 is 22.6 Å². The zero-order chi connectivity index (χ0) is 21.2. The monoisotopic (exact) mass is 520 g/mol. The number of halogens is 4. The molecular weight excluding hydrogens is 504 g/mol. The first kappa shape index (κ1) is 21.5. The normalized spacial score (nSPS) is 22.0. The van der Waals surface area contributed by atoms with Crippen LogP contribution in [0.4, 0.5) is 13.2 Å². The van der Waals surface area contributed by atoms with E-state index in [2.05, 4.69) is 10.3 Å². The quantitative estimate of drug-likeness (QED) is 0.251. The number of ether oxygens (including phenoxy) is 1. The number of nitrogens with one attached hydrogen (secondary N) is 1. The van der Waals surface area contributed by atoms with Gasteiger partial charge in [-0.1, -0.05) is 36.4 Å². The Hall–Kier alpha value is -2.18. The lowest BCUT2D eigenvalue weighted by Gasteiger charge is -2.38. The van der Waals surface area contributed by atoms with E-state index in [1.807, 2.05) is 0 Å². The Balaban J connectivity index is 2.00. The van der Waals surface area contributed by atoms with Crippen molar-refractivity contribution in [3.63, 3.8) is 0 Å². The number of carbonyl (C=O) groups excluding carboxylic acids is 1. The van der Waals surface area contributed by atoms with E-state index in [1.165, 1.54) is 30.3 Å². The number of hydrogen-bond acceptors (Lipinski definition) is 5. The van der Waals surface area contributed by atoms with E-state index in [0.717, 1.165) is 6.07 Å². The van der Waals surface area contributed by atoms with Gasteiger partial charge in [0.15, 0.2) is 6.10 Å². The Morgan fingerprint density at radius 3 is 2.45 bits per heavy atom. The largest absolute Gasteiger partial charge is 0.455 e. The van der Waals surface area contributed by atoms with Crippen LogP contribution in [0.15, 0.2) is 59.6 Å². The topological polar surface area (TPSA) is 91.2 Å². The number of carbonyl (C=O) groups is 1. The van der Waals surface area contributed by atoms with Gasteiger partial charge in [-0.05, 0) is 40.8 Å². The SMILES string of the molecule is O=C(NC1=N[C@](I)(c2ccccc2F)C[C@@H](C(F)(F)C(O)O)O1)c1ccccc1. The number of aliphatic imine (C=N–C) groups is 1. The number of aliphatic hydroxyl groups excluding tert-OH is 1. The summed E-state index contributed by atoms with van der Waals surface area (Å²) in [5.74, 6) is -5.46. The molecule has 1 amide bonds. The van der Waals surface area contributed by atoms with Gasteiger partial charge in [0, 0.05) is 17.5 Å². The zero-order valence-electron chi connectivity index (χ0n) is 14.7. The van der Waals surface area contributed by atoms with Crippen LogP contribution < -0.4 is 5.32 Å². The predicted molar refractivity (Wildman–Crippen MR) is 106 cm³/mol. The highest BCUT2D eigenvalue weighted by molar-refractivity contribution is 14.1. The number of rotatable bonds is 4. The second-order valence-corrected chi connectivity index (χ2v) is 8.12. The lowest BCUT2D eigenvalue weighted by Crippen LogP contribution is -2.53. The summed E-state index contributed by atoms with van der Waals surface area (Å²) < 4.78 is 46.5. The van der Waals surface area contributed by atoms with Crippen LogP contribution in [-0.2, 0) is 8.28 Å². The molecule has 0 unspecified atom stereocenters. The van der Waals surface area contributed by atoms with Crippen molar-refractivity contribution in [2.75, 3.05) is 0 Å². The van der Waals surface area contributed by atoms with Gasteiger partial charge in [0.2, 0.25) is 6.29 Å². The van der Waals surface area contributed by atoms with Crippen LogP contribution in [-0.4, -0.2) is 40.5 Å². The number of nitrogens with zero attached hydrogens (tertiary/aromatic N) is 1. The standard InChI is InChI=1S/C19H16F3IN2O4/c20-13-9-5-4-8-12(13)18(23)10-14(19(21,22)16(27)28)29-17(25-18)24-15(26)11-6-2-1-3-7-11/h1-9,14,16,27-28H,10H2,(H,24,25,26)/t14-,18-/m0/s1. The predicted octanol–water partition coefficient (Wildman–Crippen LogP) is 2.93. The number of hydrogen-bond donors (Lipinski definition) is 3. The maximum Gasteiger partial charge on any atom is 0.333 e. The average Bonchev–Trinajstić information content (AvgIpc) is 2.68. The van der Waals surface area contributed by atoms with Crippen LogP contribution in [0.1, 0.15) is 22.3 Å². The lowest BCUT2D eigenvalue weighted by atomic mass is 9.96. The van der Waals surface area contributed by atoms with Crippen LogP contribution in [0.25, 0.3) is 0 Å². The van der Waals surface area contributed by atoms with Gasteiger partial charge in [-0.2, -0.15) is 8.78 Å². The fourth-order valence-electron chi connectivity index (χ4n) is 2.79. The fourth-order valence-corrected chi connectivity index (χ4v) is 3.85. The molecule has 29 heavy (non-hydrogen) atoms. The molecule has 1 aliphatic heterocycles. The fraction of sp³-hybridized carbons (Fsp3) is 0.263. The van der Waals surface area contributed by atoms with Crippen LogP contribution in [0, 0.1) is 5.82 Å². The van der Waals surface area contributed by atoms with Crippen molar-refractivity contribution in [2.24, 2.45) is 4.99 Å². The Morgan fingerprint density at radius 2 is 1.83 bits per heavy atom. The van der Waals surface area contributed by atoms with Crippen LogP contribution in [0.2, 0.25) is 0 Å². The molecule has 1 heterocycles. The third-order valence-corrected chi connectivity index (χ3v) is 5.57. The van der Waals surface area contributed by atoms with Crippen molar-refractivity contribution in [3.05, 3.63) is 71.5 Å². The Bertz CT molecular complexity index is 927. The van der Waals surface area contributed by atoms with E-state index >= 15 is 0 Å². The van der Waals surface area contributed by atoms with E-state index in [0.29, 0.717) is 0 Å². The molecule has 2 aromatic carbocycles. The maximum atomic E-state index is 14.4. The van der Waals surface area contributed by atoms with E-state index in [1.54, 1.807) is 40.8 Å². The van der Waals surface area contributed by atoms with E-state index in [-0.39, 0.29) is 11.1 Å². The second-order valence-electron chi connectivity index (χ2n) is 6.34. The minimum Gasteiger partial charge on any atom is -0.455 e. The van der Waals surface area contributed by atoms with E-state index < -0.39 is 46.0 Å². The molecule has 0 fully saturated rings. The number of benzene rings is 2. The van der Waals surface area contributed by atoms with Gasteiger partial charge >= 0.3 is 5.92 Å². The summed E-state index contributed by atoms with van der Waals surface area (Å²) in [6, 6.07) is 12.8. The van der Waals surface area contributed by atoms with Gasteiger partial charge in [0.25, 0.3) is 11.9 Å². The van der Waals surface area contributed by atoms with Crippen LogP contribution in [0.5, 0.6) is 0 Å². The molecule has 3 rings (SSSR count). The molecule has 0 saturated heterocycles. The van der Waals surface area contributed by atoms with E-state index in [4.69, 9.17) is 14.9 Å². The van der Waals surface area contributed by atoms with Crippen molar-refractivity contribution < 1.29 is 32.9 Å². The van der Waals surface area contributed by atoms with Gasteiger partial charge < -0.3 is 14.9 Å². The van der Waals surface area contributed by atoms with Gasteiger partial charge in [0.1, 0.15) is 9.36 Å². The number of alkyl halides is 3. The molecule has 2 aromatic rings. The molecule has 1 aliphatic rings. The zero-order valence-corrected chi connectivity index (χ0v) is 16.9. The molecule has 2 atom stereocenters. The Kier molecular flexibility index (Phi) is 6.15. The van der Waals surface area contributed by atoms with Crippen molar-refractivity contribution in [3.8, 4) is 0 Å². The highest BCUT2D eigenvalue weighted by Crippen LogP contribution is 2.45. The van der Waals surface area contributed by atoms with Gasteiger partial charge in [-0.25, -0.2) is 9.38 Å². The van der Waals surface area contributed by atoms with Crippen molar-refractivity contribution in [1.29, 1.82) is 0 Å². The van der Waals surface area contributed by atoms with Crippen molar-refractivity contribution in [1.82, 2.24) is 5.32 Å². The molecule has 154 valence electrons. The Labute approximate surface area is 177 Å². The highest BCUT2D eigenvalue weighted by atomic mass is 127. The molecule has 10 heteroatoms. The lowest BCUT2D eigenvalue weighted by molar-refractivity contribution is -0.249. The third-order valence-electron chi connectivity index (χ3n) is 4.31. The van der Waals surface area contributed by atoms with Gasteiger partial charge in [-0.15, -0.1) is 0 Å². The summed E-state index contributed by atoms with van der Waals surface area (Å²) in [6.07, 6.45) is -5.66. The number of aliphatic hydroxyl groups is 2. The molecule has 0 aliphatic carbocycles. The number of amides is 1. The molecule has 0 spiro atoms. The molecule has 6 nitrogen and oxygen atoms in total. The molecule has 0 radical (unpaired) electrons. The molecular formula is C19H16F3IN2O4. The van der Waals surface area contributed by atoms with Crippen molar-refractivity contribution in [2.45, 2.75) is 28.3 Å².